The molecule has 0 fully saturated rings. The molecule has 0 amide bonds. The van der Waals surface area contributed by atoms with Gasteiger partial charge in [-0.3, -0.25) is 0 Å². The van der Waals surface area contributed by atoms with E-state index in [1.165, 1.54) is 12.1 Å². The highest BCUT2D eigenvalue weighted by Gasteiger charge is 2.10. The Morgan fingerprint density at radius 1 is 1.20 bits per heavy atom. The molecule has 0 saturated heterocycles. The highest BCUT2D eigenvalue weighted by molar-refractivity contribution is 5.49. The van der Waals surface area contributed by atoms with Gasteiger partial charge in [-0.25, -0.2) is 8.78 Å². The highest BCUT2D eigenvalue weighted by atomic mass is 19.1. The van der Waals surface area contributed by atoms with E-state index in [0.29, 0.717) is 12.3 Å². The van der Waals surface area contributed by atoms with Crippen molar-refractivity contribution < 1.29 is 18.3 Å². The van der Waals surface area contributed by atoms with E-state index in [-0.39, 0.29) is 17.5 Å². The first kappa shape index (κ1) is 14.0. The molecule has 20 heavy (non-hydrogen) atoms. The number of hydrogen-bond donors (Lipinski definition) is 1. The van der Waals surface area contributed by atoms with Crippen LogP contribution in [-0.4, -0.2) is 11.6 Å². The van der Waals surface area contributed by atoms with Crippen LogP contribution in [0.5, 0.6) is 17.5 Å². The number of ether oxygens (including phenoxy) is 2. The molecule has 2 rings (SSSR count). The van der Waals surface area contributed by atoms with E-state index in [2.05, 4.69) is 4.98 Å². The monoisotopic (exact) mass is 280 g/mol. The average Bonchev–Trinajstić information content (AvgIpc) is 2.43. The molecule has 2 N–H and O–H groups in total. The van der Waals surface area contributed by atoms with Gasteiger partial charge >= 0.3 is 0 Å². The van der Waals surface area contributed by atoms with Crippen molar-refractivity contribution >= 4 is 5.69 Å². The zero-order chi connectivity index (χ0) is 14.5. The average molecular weight is 280 g/mol. The molecule has 0 aliphatic rings. The van der Waals surface area contributed by atoms with E-state index < -0.39 is 11.6 Å². The van der Waals surface area contributed by atoms with Gasteiger partial charge in [-0.05, 0) is 24.6 Å². The third kappa shape index (κ3) is 3.34. The maximum Gasteiger partial charge on any atom is 0.240 e. The van der Waals surface area contributed by atoms with E-state index in [0.717, 1.165) is 24.6 Å². The lowest BCUT2D eigenvalue weighted by Crippen LogP contribution is -2.02. The Labute approximate surface area is 115 Å². The summed E-state index contributed by atoms with van der Waals surface area (Å²) >= 11 is 0. The summed E-state index contributed by atoms with van der Waals surface area (Å²) in [6.07, 6.45) is 0.796. The van der Waals surface area contributed by atoms with Crippen LogP contribution in [0.15, 0.2) is 30.3 Å². The van der Waals surface area contributed by atoms with Gasteiger partial charge in [-0.1, -0.05) is 6.92 Å². The van der Waals surface area contributed by atoms with E-state index in [1.54, 1.807) is 0 Å². The summed E-state index contributed by atoms with van der Waals surface area (Å²) in [4.78, 5) is 4.02. The normalized spacial score (nSPS) is 10.3. The van der Waals surface area contributed by atoms with Gasteiger partial charge in [-0.15, -0.1) is 0 Å². The Bertz CT molecular complexity index is 606. The van der Waals surface area contributed by atoms with Crippen LogP contribution >= 0.6 is 0 Å². The molecule has 2 aromatic rings. The summed E-state index contributed by atoms with van der Waals surface area (Å²) in [6.45, 7) is 2.40. The number of nitrogens with zero attached hydrogens (tertiary/aromatic N) is 1. The van der Waals surface area contributed by atoms with Crippen molar-refractivity contribution in [3.05, 3.63) is 42.0 Å². The molecule has 106 valence electrons. The fraction of sp³-hybridized carbons (Fsp3) is 0.214. The summed E-state index contributed by atoms with van der Waals surface area (Å²) < 4.78 is 37.0. The van der Waals surface area contributed by atoms with E-state index >= 15 is 0 Å². The zero-order valence-corrected chi connectivity index (χ0v) is 10.9. The molecular weight excluding hydrogens is 266 g/mol. The number of benzene rings is 1. The van der Waals surface area contributed by atoms with Gasteiger partial charge in [0.2, 0.25) is 11.8 Å². The van der Waals surface area contributed by atoms with Crippen LogP contribution in [0.4, 0.5) is 14.5 Å². The summed E-state index contributed by atoms with van der Waals surface area (Å²) in [5.41, 5.74) is 6.05. The number of hydrogen-bond acceptors (Lipinski definition) is 4. The minimum absolute atomic E-state index is 0.0785. The number of pyridine rings is 1. The van der Waals surface area contributed by atoms with Gasteiger partial charge in [0.1, 0.15) is 5.82 Å². The molecular formula is C14H14F2N2O2. The molecule has 0 unspecified atom stereocenters. The maximum atomic E-state index is 13.5. The largest absolute Gasteiger partial charge is 0.476 e. The van der Waals surface area contributed by atoms with Crippen molar-refractivity contribution in [2.75, 3.05) is 12.3 Å². The summed E-state index contributed by atoms with van der Waals surface area (Å²) in [7, 11) is 0. The molecule has 0 radical (unpaired) electrons. The van der Waals surface area contributed by atoms with Crippen LogP contribution < -0.4 is 15.2 Å². The minimum atomic E-state index is -0.680. The molecule has 4 nitrogen and oxygen atoms in total. The minimum Gasteiger partial charge on any atom is -0.476 e. The van der Waals surface area contributed by atoms with Crippen LogP contribution in [0.3, 0.4) is 0 Å². The van der Waals surface area contributed by atoms with Gasteiger partial charge in [0.25, 0.3) is 0 Å². The van der Waals surface area contributed by atoms with Crippen LogP contribution in [-0.2, 0) is 0 Å². The van der Waals surface area contributed by atoms with Gasteiger partial charge < -0.3 is 15.2 Å². The van der Waals surface area contributed by atoms with Crippen LogP contribution in [0.2, 0.25) is 0 Å². The SMILES string of the molecule is CCCOc1nc(Oc2cc(F)ccc2F)ccc1N. The lowest BCUT2D eigenvalue weighted by atomic mass is 10.3. The quantitative estimate of drug-likeness (QED) is 0.910. The second-order valence-electron chi connectivity index (χ2n) is 4.07. The molecule has 0 atom stereocenters. The molecule has 1 aromatic carbocycles. The van der Waals surface area contributed by atoms with Crippen molar-refractivity contribution in [3.8, 4) is 17.5 Å². The first-order valence-corrected chi connectivity index (χ1v) is 6.12. The molecule has 0 aliphatic heterocycles. The number of aromatic nitrogens is 1. The number of nitrogens with two attached hydrogens (primary N) is 1. The molecule has 0 bridgehead atoms. The Hall–Kier alpha value is -2.37. The Kier molecular flexibility index (Phi) is 4.34. The Balaban J connectivity index is 2.22. The molecule has 0 spiro atoms. The molecule has 6 heteroatoms. The van der Waals surface area contributed by atoms with Crippen molar-refractivity contribution in [2.45, 2.75) is 13.3 Å². The number of anilines is 1. The first-order chi connectivity index (χ1) is 9.60. The van der Waals surface area contributed by atoms with Crippen LogP contribution in [0.1, 0.15) is 13.3 Å². The molecule has 0 aliphatic carbocycles. The van der Waals surface area contributed by atoms with Crippen molar-refractivity contribution in [3.63, 3.8) is 0 Å². The summed E-state index contributed by atoms with van der Waals surface area (Å²) in [6, 6.07) is 5.92. The van der Waals surface area contributed by atoms with Gasteiger partial charge in [0, 0.05) is 12.1 Å². The second kappa shape index (κ2) is 6.18. The lowest BCUT2D eigenvalue weighted by molar-refractivity contribution is 0.302. The van der Waals surface area contributed by atoms with Gasteiger partial charge in [-0.2, -0.15) is 4.98 Å². The fourth-order valence-electron chi connectivity index (χ4n) is 1.47. The van der Waals surface area contributed by atoms with Crippen molar-refractivity contribution in [1.82, 2.24) is 4.98 Å². The standard InChI is InChI=1S/C14H14F2N2O2/c1-2-7-19-14-11(17)5-6-13(18-14)20-12-8-9(15)3-4-10(12)16/h3-6,8H,2,7,17H2,1H3. The van der Waals surface area contributed by atoms with E-state index in [4.69, 9.17) is 15.2 Å². The van der Waals surface area contributed by atoms with E-state index in [1.807, 2.05) is 6.92 Å². The highest BCUT2D eigenvalue weighted by Crippen LogP contribution is 2.28. The van der Waals surface area contributed by atoms with Gasteiger partial charge in [0.15, 0.2) is 11.6 Å². The smallest absolute Gasteiger partial charge is 0.240 e. The second-order valence-corrected chi connectivity index (χ2v) is 4.07. The summed E-state index contributed by atoms with van der Waals surface area (Å²) in [5, 5.41) is 0. The molecule has 1 heterocycles. The Morgan fingerprint density at radius 3 is 2.75 bits per heavy atom. The number of rotatable bonds is 5. The molecule has 0 saturated carbocycles. The molecule has 1 aromatic heterocycles. The lowest BCUT2D eigenvalue weighted by Gasteiger charge is -2.10. The first-order valence-electron chi connectivity index (χ1n) is 6.12. The maximum absolute atomic E-state index is 13.5. The van der Waals surface area contributed by atoms with Crippen LogP contribution in [0, 0.1) is 11.6 Å². The third-order valence-corrected chi connectivity index (χ3v) is 2.41. The zero-order valence-electron chi connectivity index (χ0n) is 10.9. The fourth-order valence-corrected chi connectivity index (χ4v) is 1.47. The number of nitrogen functional groups attached to an aromatic ring is 1. The summed E-state index contributed by atoms with van der Waals surface area (Å²) in [5.74, 6) is -1.24. The van der Waals surface area contributed by atoms with Crippen molar-refractivity contribution in [1.29, 1.82) is 0 Å². The Morgan fingerprint density at radius 2 is 2.00 bits per heavy atom. The predicted molar refractivity (Wildman–Crippen MR) is 70.9 cm³/mol. The predicted octanol–water partition coefficient (Wildman–Crippen LogP) is 3.52. The van der Waals surface area contributed by atoms with Crippen molar-refractivity contribution in [2.24, 2.45) is 0 Å². The van der Waals surface area contributed by atoms with E-state index in [9.17, 15) is 8.78 Å². The van der Waals surface area contributed by atoms with Gasteiger partial charge in [0.05, 0.1) is 12.3 Å². The van der Waals surface area contributed by atoms with Crippen LogP contribution in [0.25, 0.3) is 0 Å². The topological polar surface area (TPSA) is 57.4 Å². The third-order valence-electron chi connectivity index (χ3n) is 2.41. The number of halogens is 2.